The van der Waals surface area contributed by atoms with E-state index in [9.17, 15) is 4.79 Å². The first-order valence-electron chi connectivity index (χ1n) is 10.6. The van der Waals surface area contributed by atoms with Crippen LogP contribution in [0.3, 0.4) is 0 Å². The lowest BCUT2D eigenvalue weighted by Crippen LogP contribution is -2.56. The van der Waals surface area contributed by atoms with E-state index in [1.165, 1.54) is 17.7 Å². The lowest BCUT2D eigenvalue weighted by molar-refractivity contribution is 0.0563. The maximum atomic E-state index is 13.0. The Hall–Kier alpha value is -2.53. The second kappa shape index (κ2) is 8.87. The number of methoxy groups -OCH3 is 1. The van der Waals surface area contributed by atoms with Crippen LogP contribution in [0.25, 0.3) is 0 Å². The monoisotopic (exact) mass is 393 g/mol. The van der Waals surface area contributed by atoms with Gasteiger partial charge in [-0.2, -0.15) is 0 Å². The summed E-state index contributed by atoms with van der Waals surface area (Å²) in [7, 11) is 1.64. The molecule has 29 heavy (non-hydrogen) atoms. The highest BCUT2D eigenvalue weighted by molar-refractivity contribution is 5.94. The number of likely N-dealkylation sites (tertiary alicyclic amines) is 1. The predicted molar refractivity (Wildman–Crippen MR) is 117 cm³/mol. The highest BCUT2D eigenvalue weighted by atomic mass is 16.5. The molecule has 5 nitrogen and oxygen atoms in total. The van der Waals surface area contributed by atoms with Crippen molar-refractivity contribution < 1.29 is 9.53 Å². The molecule has 1 amide bonds. The molecule has 0 unspecified atom stereocenters. The summed E-state index contributed by atoms with van der Waals surface area (Å²) in [6.45, 7) is 8.08. The van der Waals surface area contributed by atoms with E-state index < -0.39 is 0 Å². The molecule has 0 spiro atoms. The van der Waals surface area contributed by atoms with Gasteiger partial charge in [-0.3, -0.25) is 9.69 Å². The molecule has 0 N–H and O–H groups in total. The molecule has 0 bridgehead atoms. The lowest BCUT2D eigenvalue weighted by Gasteiger charge is -2.44. The number of ether oxygens (including phenoxy) is 1. The molecule has 4 rings (SSSR count). The topological polar surface area (TPSA) is 36.0 Å². The summed E-state index contributed by atoms with van der Waals surface area (Å²) < 4.78 is 5.20. The van der Waals surface area contributed by atoms with Crippen molar-refractivity contribution in [1.29, 1.82) is 0 Å². The first-order valence-corrected chi connectivity index (χ1v) is 10.6. The number of amides is 1. The van der Waals surface area contributed by atoms with Crippen molar-refractivity contribution in [2.75, 3.05) is 51.3 Å². The number of hydrogen-bond donors (Lipinski definition) is 0. The first-order chi connectivity index (χ1) is 14.2. The number of aryl methyl sites for hydroxylation is 1. The number of rotatable bonds is 4. The Morgan fingerprint density at radius 2 is 1.69 bits per heavy atom. The van der Waals surface area contributed by atoms with Gasteiger partial charge >= 0.3 is 0 Å². The Balaban J connectivity index is 1.35. The minimum absolute atomic E-state index is 0.135. The van der Waals surface area contributed by atoms with Crippen molar-refractivity contribution in [3.63, 3.8) is 0 Å². The Labute approximate surface area is 173 Å². The zero-order chi connectivity index (χ0) is 20.2. The minimum Gasteiger partial charge on any atom is -0.497 e. The van der Waals surface area contributed by atoms with Crippen LogP contribution in [0.15, 0.2) is 48.5 Å². The van der Waals surface area contributed by atoms with Gasteiger partial charge in [0.2, 0.25) is 0 Å². The van der Waals surface area contributed by atoms with Crippen molar-refractivity contribution in [2.45, 2.75) is 25.8 Å². The van der Waals surface area contributed by atoms with Crippen molar-refractivity contribution in [1.82, 2.24) is 9.80 Å². The Morgan fingerprint density at radius 1 is 0.966 bits per heavy atom. The summed E-state index contributed by atoms with van der Waals surface area (Å²) >= 11 is 0. The molecule has 0 aliphatic carbocycles. The number of carbonyl (C=O) groups excluding carboxylic acids is 1. The van der Waals surface area contributed by atoms with Gasteiger partial charge in [-0.1, -0.05) is 18.2 Å². The van der Waals surface area contributed by atoms with Crippen LogP contribution in [0.5, 0.6) is 5.75 Å². The van der Waals surface area contributed by atoms with Crippen molar-refractivity contribution in [2.24, 2.45) is 0 Å². The summed E-state index contributed by atoms with van der Waals surface area (Å²) in [6.07, 6.45) is 2.25. The predicted octanol–water partition coefficient (Wildman–Crippen LogP) is 3.43. The fraction of sp³-hybridized carbons (Fsp3) is 0.458. The van der Waals surface area contributed by atoms with E-state index in [2.05, 4.69) is 41.0 Å². The van der Waals surface area contributed by atoms with E-state index in [4.69, 9.17) is 4.74 Å². The first kappa shape index (κ1) is 19.8. The maximum absolute atomic E-state index is 13.0. The summed E-state index contributed by atoms with van der Waals surface area (Å²) in [5.74, 6) is 0.917. The third kappa shape index (κ3) is 4.40. The summed E-state index contributed by atoms with van der Waals surface area (Å²) in [5, 5.41) is 0. The van der Waals surface area contributed by atoms with Gasteiger partial charge in [0.15, 0.2) is 0 Å². The molecule has 2 aromatic rings. The Kier molecular flexibility index (Phi) is 6.05. The highest BCUT2D eigenvalue weighted by Crippen LogP contribution is 2.24. The van der Waals surface area contributed by atoms with Crippen LogP contribution in [0.1, 0.15) is 28.8 Å². The maximum Gasteiger partial charge on any atom is 0.253 e. The average Bonchev–Trinajstić information content (AvgIpc) is 2.79. The second-order valence-corrected chi connectivity index (χ2v) is 8.09. The van der Waals surface area contributed by atoms with Crippen LogP contribution >= 0.6 is 0 Å². The lowest BCUT2D eigenvalue weighted by atomic mass is 10.0. The Bertz CT molecular complexity index is 828. The van der Waals surface area contributed by atoms with Crippen LogP contribution in [-0.2, 0) is 0 Å². The molecule has 0 radical (unpaired) electrons. The standard InChI is InChI=1S/C24H31N3O2/c1-19-6-3-4-8-23(19)26-16-14-25(15-17-26)21-7-5-13-27(18-21)24(28)20-9-11-22(29-2)12-10-20/h3-4,6,8-12,21H,5,7,13-18H2,1-2H3/t21-/m1/s1. The van der Waals surface area contributed by atoms with Crippen LogP contribution in [0, 0.1) is 6.92 Å². The molecule has 2 saturated heterocycles. The van der Waals surface area contributed by atoms with Gasteiger partial charge in [0, 0.05) is 56.6 Å². The third-order valence-corrected chi connectivity index (χ3v) is 6.31. The molecule has 2 aliphatic heterocycles. The van der Waals surface area contributed by atoms with E-state index in [0.29, 0.717) is 6.04 Å². The number of anilines is 1. The smallest absolute Gasteiger partial charge is 0.253 e. The molecule has 154 valence electrons. The normalized spacial score (nSPS) is 20.6. The zero-order valence-electron chi connectivity index (χ0n) is 17.5. The molecular weight excluding hydrogens is 362 g/mol. The second-order valence-electron chi connectivity index (χ2n) is 8.09. The van der Waals surface area contributed by atoms with Gasteiger partial charge < -0.3 is 14.5 Å². The third-order valence-electron chi connectivity index (χ3n) is 6.31. The molecule has 5 heteroatoms. The van der Waals surface area contributed by atoms with E-state index in [1.807, 2.05) is 29.2 Å². The number of hydrogen-bond acceptors (Lipinski definition) is 4. The molecule has 0 saturated carbocycles. The molecule has 2 fully saturated rings. The fourth-order valence-electron chi connectivity index (χ4n) is 4.60. The number of benzene rings is 2. The van der Waals surface area contributed by atoms with E-state index in [1.54, 1.807) is 7.11 Å². The van der Waals surface area contributed by atoms with Gasteiger partial charge in [-0.05, 0) is 55.7 Å². The average molecular weight is 394 g/mol. The molecular formula is C24H31N3O2. The number of para-hydroxylation sites is 1. The van der Waals surface area contributed by atoms with Crippen molar-refractivity contribution in [3.05, 3.63) is 59.7 Å². The van der Waals surface area contributed by atoms with E-state index in [0.717, 1.165) is 57.0 Å². The van der Waals surface area contributed by atoms with Crippen LogP contribution in [0.2, 0.25) is 0 Å². The van der Waals surface area contributed by atoms with Crippen LogP contribution in [0.4, 0.5) is 5.69 Å². The van der Waals surface area contributed by atoms with Crippen LogP contribution in [-0.4, -0.2) is 68.1 Å². The molecule has 2 aliphatic rings. The summed E-state index contributed by atoms with van der Waals surface area (Å²) in [4.78, 5) is 20.1. The van der Waals surface area contributed by atoms with E-state index in [-0.39, 0.29) is 5.91 Å². The number of nitrogens with zero attached hydrogens (tertiary/aromatic N) is 3. The molecule has 0 aromatic heterocycles. The van der Waals surface area contributed by atoms with Gasteiger partial charge in [0.05, 0.1) is 7.11 Å². The summed E-state index contributed by atoms with van der Waals surface area (Å²) in [6, 6.07) is 16.6. The molecule has 2 aromatic carbocycles. The highest BCUT2D eigenvalue weighted by Gasteiger charge is 2.30. The SMILES string of the molecule is COc1ccc(C(=O)N2CCC[C@@H](N3CCN(c4ccccc4C)CC3)C2)cc1. The van der Waals surface area contributed by atoms with Crippen LogP contribution < -0.4 is 9.64 Å². The van der Waals surface area contributed by atoms with Gasteiger partial charge in [0.1, 0.15) is 5.75 Å². The molecule has 2 heterocycles. The van der Waals surface area contributed by atoms with Crippen molar-refractivity contribution >= 4 is 11.6 Å². The van der Waals surface area contributed by atoms with E-state index >= 15 is 0 Å². The molecule has 1 atom stereocenters. The van der Waals surface area contributed by atoms with Gasteiger partial charge in [0.25, 0.3) is 5.91 Å². The number of piperazine rings is 1. The zero-order valence-corrected chi connectivity index (χ0v) is 17.5. The quantitative estimate of drug-likeness (QED) is 0.797. The Morgan fingerprint density at radius 3 is 2.38 bits per heavy atom. The minimum atomic E-state index is 0.135. The summed E-state index contributed by atoms with van der Waals surface area (Å²) in [5.41, 5.74) is 3.44. The largest absolute Gasteiger partial charge is 0.497 e. The van der Waals surface area contributed by atoms with Gasteiger partial charge in [-0.25, -0.2) is 0 Å². The number of carbonyl (C=O) groups is 1. The number of piperidine rings is 1. The van der Waals surface area contributed by atoms with Gasteiger partial charge in [-0.15, -0.1) is 0 Å². The fourth-order valence-corrected chi connectivity index (χ4v) is 4.60. The van der Waals surface area contributed by atoms with Crippen molar-refractivity contribution in [3.8, 4) is 5.75 Å².